The van der Waals surface area contributed by atoms with Crippen molar-refractivity contribution in [1.29, 1.82) is 5.26 Å². The van der Waals surface area contributed by atoms with E-state index in [4.69, 9.17) is 33.2 Å². The molecule has 0 aromatic heterocycles. The van der Waals surface area contributed by atoms with Gasteiger partial charge in [0.25, 0.3) is 0 Å². The van der Waals surface area contributed by atoms with Crippen LogP contribution in [0.1, 0.15) is 88.5 Å². The number of fused-ring (bicyclic) bond motifs is 9. The van der Waals surface area contributed by atoms with E-state index >= 15 is 0 Å². The first kappa shape index (κ1) is 38.9. The molecule has 0 saturated carbocycles. The smallest absolute Gasteiger partial charge is 0.331 e. The third-order valence-corrected chi connectivity index (χ3v) is 14.5. The summed E-state index contributed by atoms with van der Waals surface area (Å²) in [5.41, 5.74) is 6.19. The molecule has 3 aromatic carbocycles. The summed E-state index contributed by atoms with van der Waals surface area (Å²) in [4.78, 5) is 19.6. The van der Waals surface area contributed by atoms with E-state index in [9.17, 15) is 15.2 Å². The van der Waals surface area contributed by atoms with Crippen LogP contribution in [0.4, 0.5) is 0 Å². The van der Waals surface area contributed by atoms with E-state index in [0.717, 1.165) is 68.8 Å². The molecule has 0 aliphatic carbocycles. The topological polar surface area (TPSA) is 144 Å². The van der Waals surface area contributed by atoms with Gasteiger partial charge in [-0.1, -0.05) is 19.9 Å². The van der Waals surface area contributed by atoms with Gasteiger partial charge < -0.3 is 38.3 Å². The van der Waals surface area contributed by atoms with Gasteiger partial charge in [0, 0.05) is 46.6 Å². The number of benzene rings is 3. The lowest BCUT2D eigenvalue weighted by Gasteiger charge is -2.62. The van der Waals surface area contributed by atoms with Crippen molar-refractivity contribution >= 4 is 17.7 Å². The van der Waals surface area contributed by atoms with E-state index < -0.39 is 23.6 Å². The number of phenolic OH excluding ortho intramolecular Hbond substituents is 1. The number of aryl methyl sites for hydroxylation is 1. The van der Waals surface area contributed by atoms with Gasteiger partial charge in [-0.15, -0.1) is 11.8 Å². The quantitative estimate of drug-likeness (QED) is 0.259. The molecule has 14 heteroatoms. The van der Waals surface area contributed by atoms with Gasteiger partial charge in [0.15, 0.2) is 40.0 Å². The lowest BCUT2D eigenvalue weighted by atomic mass is 9.71. The predicted octanol–water partition coefficient (Wildman–Crippen LogP) is 5.93. The molecule has 0 amide bonds. The Balaban J connectivity index is 1.33. The fourth-order valence-corrected chi connectivity index (χ4v) is 12.3. The van der Waals surface area contributed by atoms with Crippen LogP contribution in [0.25, 0.3) is 0 Å². The number of thioether (sulfide) groups is 1. The number of likely N-dealkylation sites (N-methyl/N-ethyl adjacent to an activating group) is 1. The summed E-state index contributed by atoms with van der Waals surface area (Å²) in [5, 5.41) is 25.4. The second-order valence-corrected chi connectivity index (χ2v) is 17.3. The Morgan fingerprint density at radius 3 is 2.47 bits per heavy atom. The van der Waals surface area contributed by atoms with Gasteiger partial charge in [-0.3, -0.25) is 15.1 Å². The van der Waals surface area contributed by atoms with Crippen LogP contribution in [0.5, 0.6) is 40.2 Å². The molecule has 2 N–H and O–H groups in total. The molecule has 10 rings (SSSR count). The average Bonchev–Trinajstić information content (AvgIpc) is 3.71. The number of ether oxygens (including phenoxy) is 7. The highest BCUT2D eigenvalue weighted by Gasteiger charge is 2.62. The maximum absolute atomic E-state index is 14.9. The number of carbonyl (C=O) groups is 1. The Labute approximate surface area is 343 Å². The van der Waals surface area contributed by atoms with Crippen molar-refractivity contribution in [2.24, 2.45) is 0 Å². The first-order chi connectivity index (χ1) is 28.1. The van der Waals surface area contributed by atoms with E-state index in [0.29, 0.717) is 49.8 Å². The Morgan fingerprint density at radius 1 is 0.983 bits per heavy atom. The highest BCUT2D eigenvalue weighted by atomic mass is 32.2. The predicted molar refractivity (Wildman–Crippen MR) is 217 cm³/mol. The van der Waals surface area contributed by atoms with Gasteiger partial charge in [0.1, 0.15) is 18.4 Å². The summed E-state index contributed by atoms with van der Waals surface area (Å²) >= 11 is 1.66. The number of piperazine rings is 1. The summed E-state index contributed by atoms with van der Waals surface area (Å²) in [7, 11) is 5.33. The largest absolute Gasteiger partial charge is 0.504 e. The minimum absolute atomic E-state index is 0.0251. The number of nitrogens with one attached hydrogen (secondary N) is 1. The van der Waals surface area contributed by atoms with Crippen LogP contribution in [0, 0.1) is 25.2 Å². The van der Waals surface area contributed by atoms with Crippen LogP contribution in [-0.2, 0) is 27.9 Å². The molecule has 7 aliphatic rings. The molecule has 7 heterocycles. The number of carbonyl (C=O) groups excluding carboxylic acids is 1. The number of aromatic hydroxyl groups is 1. The molecule has 2 saturated heterocycles. The molecule has 308 valence electrons. The Kier molecular flexibility index (Phi) is 10.0. The number of methoxy groups -OCH3 is 2. The summed E-state index contributed by atoms with van der Waals surface area (Å²) in [6.45, 7) is 9.77. The van der Waals surface area contributed by atoms with Gasteiger partial charge in [0.2, 0.25) is 6.79 Å². The summed E-state index contributed by atoms with van der Waals surface area (Å²) in [5.74, 6) is 3.59. The second kappa shape index (κ2) is 14.9. The highest BCUT2D eigenvalue weighted by Crippen LogP contribution is 2.64. The van der Waals surface area contributed by atoms with Crippen molar-refractivity contribution in [2.75, 3.05) is 60.2 Å². The Bertz CT molecular complexity index is 2210. The van der Waals surface area contributed by atoms with Crippen molar-refractivity contribution in [1.82, 2.24) is 15.1 Å². The lowest BCUT2D eigenvalue weighted by molar-refractivity contribution is -0.157. The molecule has 3 aromatic rings. The number of nitriles is 1. The third kappa shape index (κ3) is 5.56. The van der Waals surface area contributed by atoms with E-state index in [2.05, 4.69) is 55.1 Å². The molecule has 4 bridgehead atoms. The number of hydrogen-bond donors (Lipinski definition) is 2. The molecule has 7 atom stereocenters. The molecule has 0 radical (unpaired) electrons. The van der Waals surface area contributed by atoms with Crippen LogP contribution in [0.15, 0.2) is 18.2 Å². The zero-order chi connectivity index (χ0) is 40.6. The van der Waals surface area contributed by atoms with Crippen molar-refractivity contribution in [2.45, 2.75) is 94.4 Å². The SMILES string of the molecule is CCCOc1c(C)c2c(c3c1[C@H]1SC[C@]4(NCCc5cc(O)c(OC)cc54)C(=O)OC[C@H]3N3C1[C@H]1c4c(cc(C)c(OC)c4OCCC)C[C@H]([C@@H]3C#N)N1C)OCO2. The molecule has 1 unspecified atom stereocenters. The molecule has 58 heavy (non-hydrogen) atoms. The van der Waals surface area contributed by atoms with Crippen molar-refractivity contribution in [3.05, 3.63) is 62.7 Å². The highest BCUT2D eigenvalue weighted by molar-refractivity contribution is 7.99. The Hall–Kier alpha value is -4.55. The van der Waals surface area contributed by atoms with Crippen LogP contribution < -0.4 is 33.7 Å². The normalized spacial score (nSPS) is 28.1. The Morgan fingerprint density at radius 2 is 1.74 bits per heavy atom. The molecule has 7 aliphatic heterocycles. The summed E-state index contributed by atoms with van der Waals surface area (Å²) < 4.78 is 44.3. The number of rotatable bonds is 8. The zero-order valence-electron chi connectivity index (χ0n) is 34.2. The average molecular weight is 813 g/mol. The van der Waals surface area contributed by atoms with Gasteiger partial charge in [-0.2, -0.15) is 5.26 Å². The number of esters is 1. The summed E-state index contributed by atoms with van der Waals surface area (Å²) in [6, 6.07) is 6.51. The standard InChI is InChI=1S/C44H52N4O9S/c1-8-12-53-38-23(4)39-41(57-21-56-39)33-29-19-55-43(50)44(26-17-31(51-6)30(49)16-24(26)10-11-46-44)20-58-42(34(33)38)36-35-32-25(15-27(47(35)5)28(18-45)48(29)36)14-22(3)37(52-7)40(32)54-13-9-2/h14,16-17,27-29,35-36,42,46,49H,8-13,15,19-21H2,1-7H3/t27-,28+,29-,35-,36?,42-,44-/m1/s1. The van der Waals surface area contributed by atoms with E-state index in [1.165, 1.54) is 7.11 Å². The minimum atomic E-state index is -1.27. The van der Waals surface area contributed by atoms with Gasteiger partial charge >= 0.3 is 5.97 Å². The molecule has 2 fully saturated rings. The van der Waals surface area contributed by atoms with E-state index in [-0.39, 0.29) is 54.0 Å². The van der Waals surface area contributed by atoms with Crippen LogP contribution in [0.3, 0.4) is 0 Å². The molecular formula is C44H52N4O9S. The maximum Gasteiger partial charge on any atom is 0.331 e. The third-order valence-electron chi connectivity index (χ3n) is 13.1. The second-order valence-electron chi connectivity index (χ2n) is 16.2. The van der Waals surface area contributed by atoms with Crippen molar-refractivity contribution in [3.8, 4) is 46.3 Å². The van der Waals surface area contributed by atoms with E-state index in [1.807, 2.05) is 6.92 Å². The van der Waals surface area contributed by atoms with Gasteiger partial charge in [-0.25, -0.2) is 4.79 Å². The van der Waals surface area contributed by atoms with Crippen LogP contribution in [0.2, 0.25) is 0 Å². The molecular weight excluding hydrogens is 761 g/mol. The lowest BCUT2D eigenvalue weighted by Crippen LogP contribution is -2.69. The summed E-state index contributed by atoms with van der Waals surface area (Å²) in [6.07, 6.45) is 2.86. The first-order valence-electron chi connectivity index (χ1n) is 20.4. The molecule has 1 spiro atoms. The van der Waals surface area contributed by atoms with Gasteiger partial charge in [-0.05, 0) is 81.0 Å². The monoisotopic (exact) mass is 812 g/mol. The molecule has 13 nitrogen and oxygen atoms in total. The van der Waals surface area contributed by atoms with Crippen molar-refractivity contribution < 1.29 is 43.1 Å². The first-order valence-corrected chi connectivity index (χ1v) is 21.4. The minimum Gasteiger partial charge on any atom is -0.504 e. The van der Waals surface area contributed by atoms with E-state index in [1.54, 1.807) is 31.0 Å². The van der Waals surface area contributed by atoms with Crippen LogP contribution >= 0.6 is 11.8 Å². The fourth-order valence-electron chi connectivity index (χ4n) is 10.6. The van der Waals surface area contributed by atoms with Crippen LogP contribution in [-0.4, -0.2) is 99.2 Å². The van der Waals surface area contributed by atoms with Gasteiger partial charge in [0.05, 0.1) is 50.8 Å². The number of nitrogens with zero attached hydrogens (tertiary/aromatic N) is 3. The fraction of sp³-hybridized carbons (Fsp3) is 0.545. The maximum atomic E-state index is 14.9. The number of hydrogen-bond acceptors (Lipinski definition) is 14. The zero-order valence-corrected chi connectivity index (χ0v) is 35.0. The van der Waals surface area contributed by atoms with Crippen molar-refractivity contribution in [3.63, 3.8) is 0 Å². The number of phenols is 1.